The van der Waals surface area contributed by atoms with Crippen LogP contribution in [0.15, 0.2) is 53.5 Å². The van der Waals surface area contributed by atoms with Gasteiger partial charge in [-0.05, 0) is 48.1 Å². The number of hydrogen-bond donors (Lipinski definition) is 2. The van der Waals surface area contributed by atoms with Gasteiger partial charge >= 0.3 is 0 Å². The van der Waals surface area contributed by atoms with E-state index in [-0.39, 0.29) is 18.4 Å². The minimum Gasteiger partial charge on any atom is -0.370 e. The summed E-state index contributed by atoms with van der Waals surface area (Å²) in [6.07, 6.45) is 1.99. The normalized spacial score (nSPS) is 14.3. The van der Waals surface area contributed by atoms with E-state index in [2.05, 4.69) is 42.4 Å². The number of nitrogens with one attached hydrogen (secondary N) is 1. The van der Waals surface area contributed by atoms with E-state index in [1.165, 1.54) is 11.1 Å². The second-order valence-electron chi connectivity index (χ2n) is 6.88. The Morgan fingerprint density at radius 2 is 2.04 bits per heavy atom. The van der Waals surface area contributed by atoms with Gasteiger partial charge in [0.15, 0.2) is 5.96 Å². The second-order valence-corrected chi connectivity index (χ2v) is 6.88. The fourth-order valence-electron chi connectivity index (χ4n) is 3.19. The first-order valence-corrected chi connectivity index (χ1v) is 9.10. The average Bonchev–Trinajstić information content (AvgIpc) is 2.66. The first-order chi connectivity index (χ1) is 12.5. The van der Waals surface area contributed by atoms with Crippen molar-refractivity contribution in [3.63, 3.8) is 0 Å². The predicted octanol–water partition coefficient (Wildman–Crippen LogP) is 3.52. The largest absolute Gasteiger partial charge is 0.370 e. The van der Waals surface area contributed by atoms with Crippen LogP contribution in [0.25, 0.3) is 0 Å². The van der Waals surface area contributed by atoms with Gasteiger partial charge in [-0.25, -0.2) is 4.99 Å². The molecule has 3 N–H and O–H groups in total. The van der Waals surface area contributed by atoms with Crippen molar-refractivity contribution in [2.45, 2.75) is 32.6 Å². The minimum atomic E-state index is -0.0298. The number of aliphatic imine (C=N–C) groups is 1. The smallest absolute Gasteiger partial charge is 0.248 e. The van der Waals surface area contributed by atoms with Crippen LogP contribution in [0.4, 0.5) is 11.4 Å². The molecule has 0 radical (unpaired) electrons. The third kappa shape index (κ3) is 4.23. The topological polar surface area (TPSA) is 70.7 Å². The van der Waals surface area contributed by atoms with Crippen LogP contribution in [0.5, 0.6) is 0 Å². The monoisotopic (exact) mass is 350 g/mol. The summed E-state index contributed by atoms with van der Waals surface area (Å²) in [6.45, 7) is 5.06. The number of guanidine groups is 1. The summed E-state index contributed by atoms with van der Waals surface area (Å²) in [7, 11) is 0. The molecule has 0 unspecified atom stereocenters. The molecule has 0 aliphatic carbocycles. The lowest BCUT2D eigenvalue weighted by Crippen LogP contribution is -2.37. The van der Waals surface area contributed by atoms with E-state index < -0.39 is 0 Å². The van der Waals surface area contributed by atoms with E-state index in [0.717, 1.165) is 30.8 Å². The standard InChI is InChI=1S/C21H26N4O/c1-15(2)17-8-5-10-18(13-17)24-21(22)23-14-20(26)25-12-6-9-16-7-3-4-11-19(16)25/h3-5,7-8,10-11,13,15H,6,9,12,14H2,1-2H3,(H3,22,23,24). The van der Waals surface area contributed by atoms with Gasteiger partial charge in [0, 0.05) is 17.9 Å². The van der Waals surface area contributed by atoms with Gasteiger partial charge in [-0.15, -0.1) is 0 Å². The summed E-state index contributed by atoms with van der Waals surface area (Å²) in [5.41, 5.74) is 10.3. The lowest BCUT2D eigenvalue weighted by molar-refractivity contribution is -0.117. The first-order valence-electron chi connectivity index (χ1n) is 9.10. The lowest BCUT2D eigenvalue weighted by atomic mass is 10.0. The zero-order valence-electron chi connectivity index (χ0n) is 15.4. The SMILES string of the molecule is CC(C)c1cccc(NC(N)=NCC(=O)N2CCCc3ccccc32)c1. The van der Waals surface area contributed by atoms with Gasteiger partial charge in [-0.3, -0.25) is 4.79 Å². The molecule has 136 valence electrons. The van der Waals surface area contributed by atoms with Gasteiger partial charge in [-0.2, -0.15) is 0 Å². The quantitative estimate of drug-likeness (QED) is 0.655. The molecular weight excluding hydrogens is 324 g/mol. The second kappa shape index (κ2) is 8.04. The number of anilines is 2. The van der Waals surface area contributed by atoms with E-state index in [4.69, 9.17) is 5.73 Å². The number of fused-ring (bicyclic) bond motifs is 1. The number of carbonyl (C=O) groups excluding carboxylic acids is 1. The number of benzene rings is 2. The maximum absolute atomic E-state index is 12.6. The molecule has 0 saturated carbocycles. The third-order valence-electron chi connectivity index (χ3n) is 4.62. The summed E-state index contributed by atoms with van der Waals surface area (Å²) in [6, 6.07) is 16.1. The Kier molecular flexibility index (Phi) is 5.56. The van der Waals surface area contributed by atoms with Crippen molar-refractivity contribution in [2.75, 3.05) is 23.3 Å². The Hall–Kier alpha value is -2.82. The van der Waals surface area contributed by atoms with Gasteiger partial charge in [0.05, 0.1) is 0 Å². The molecule has 0 saturated heterocycles. The minimum absolute atomic E-state index is 0.0298. The van der Waals surface area contributed by atoms with Gasteiger partial charge in [0.2, 0.25) is 5.91 Å². The van der Waals surface area contributed by atoms with Crippen molar-refractivity contribution in [3.05, 3.63) is 59.7 Å². The van der Waals surface area contributed by atoms with E-state index in [1.54, 1.807) is 0 Å². The Balaban J connectivity index is 1.64. The molecule has 0 fully saturated rings. The molecule has 5 nitrogen and oxygen atoms in total. The van der Waals surface area contributed by atoms with Crippen LogP contribution in [0.3, 0.4) is 0 Å². The van der Waals surface area contributed by atoms with Crippen molar-refractivity contribution in [1.82, 2.24) is 0 Å². The number of carbonyl (C=O) groups is 1. The number of para-hydroxylation sites is 1. The zero-order chi connectivity index (χ0) is 18.5. The summed E-state index contributed by atoms with van der Waals surface area (Å²) in [5.74, 6) is 0.665. The van der Waals surface area contributed by atoms with Crippen molar-refractivity contribution in [1.29, 1.82) is 0 Å². The molecule has 26 heavy (non-hydrogen) atoms. The molecule has 0 aromatic heterocycles. The Bertz CT molecular complexity index is 813. The zero-order valence-corrected chi connectivity index (χ0v) is 15.4. The maximum Gasteiger partial charge on any atom is 0.248 e. The Morgan fingerprint density at radius 3 is 2.85 bits per heavy atom. The molecule has 5 heteroatoms. The fraction of sp³-hybridized carbons (Fsp3) is 0.333. The fourth-order valence-corrected chi connectivity index (χ4v) is 3.19. The van der Waals surface area contributed by atoms with Crippen molar-refractivity contribution in [2.24, 2.45) is 10.7 Å². The van der Waals surface area contributed by atoms with Crippen LogP contribution < -0.4 is 16.0 Å². The highest BCUT2D eigenvalue weighted by Gasteiger charge is 2.21. The van der Waals surface area contributed by atoms with Gasteiger partial charge in [-0.1, -0.05) is 44.2 Å². The number of hydrogen-bond acceptors (Lipinski definition) is 2. The number of nitrogens with two attached hydrogens (primary N) is 1. The summed E-state index contributed by atoms with van der Waals surface area (Å²) in [5, 5.41) is 3.07. The highest BCUT2D eigenvalue weighted by molar-refractivity contribution is 5.99. The van der Waals surface area contributed by atoms with Gasteiger partial charge < -0.3 is 16.0 Å². The highest BCUT2D eigenvalue weighted by Crippen LogP contribution is 2.26. The number of nitrogens with zero attached hydrogens (tertiary/aromatic N) is 2. The molecule has 0 bridgehead atoms. The van der Waals surface area contributed by atoms with E-state index in [9.17, 15) is 4.79 Å². The van der Waals surface area contributed by atoms with Gasteiger partial charge in [0.25, 0.3) is 0 Å². The van der Waals surface area contributed by atoms with Crippen LogP contribution in [-0.2, 0) is 11.2 Å². The van der Waals surface area contributed by atoms with E-state index >= 15 is 0 Å². The van der Waals surface area contributed by atoms with Crippen molar-refractivity contribution in [3.8, 4) is 0 Å². The predicted molar refractivity (Wildman–Crippen MR) is 108 cm³/mol. The molecule has 1 amide bonds. The van der Waals surface area contributed by atoms with Crippen molar-refractivity contribution < 1.29 is 4.79 Å². The molecule has 2 aromatic carbocycles. The maximum atomic E-state index is 12.6. The first kappa shape index (κ1) is 18.0. The summed E-state index contributed by atoms with van der Waals surface area (Å²) >= 11 is 0. The molecule has 1 aliphatic heterocycles. The molecule has 3 rings (SSSR count). The molecule has 2 aromatic rings. The van der Waals surface area contributed by atoms with Crippen LogP contribution in [0.1, 0.15) is 37.3 Å². The van der Waals surface area contributed by atoms with Crippen LogP contribution in [0, 0.1) is 0 Å². The molecular formula is C21H26N4O. The molecule has 0 spiro atoms. The van der Waals surface area contributed by atoms with Crippen LogP contribution in [-0.4, -0.2) is 25.0 Å². The molecule has 0 atom stereocenters. The molecule has 1 heterocycles. The number of aryl methyl sites for hydroxylation is 1. The molecule has 1 aliphatic rings. The van der Waals surface area contributed by atoms with Crippen LogP contribution in [0.2, 0.25) is 0 Å². The van der Waals surface area contributed by atoms with Gasteiger partial charge in [0.1, 0.15) is 6.54 Å². The summed E-state index contributed by atoms with van der Waals surface area (Å²) in [4.78, 5) is 18.6. The lowest BCUT2D eigenvalue weighted by Gasteiger charge is -2.29. The Labute approximate surface area is 154 Å². The highest BCUT2D eigenvalue weighted by atomic mass is 16.2. The van der Waals surface area contributed by atoms with Crippen molar-refractivity contribution >= 4 is 23.2 Å². The summed E-state index contributed by atoms with van der Waals surface area (Å²) < 4.78 is 0. The number of rotatable bonds is 4. The average molecular weight is 350 g/mol. The third-order valence-corrected chi connectivity index (χ3v) is 4.62. The van der Waals surface area contributed by atoms with Crippen LogP contribution >= 0.6 is 0 Å². The van der Waals surface area contributed by atoms with E-state index in [0.29, 0.717) is 5.92 Å². The number of amides is 1. The van der Waals surface area contributed by atoms with E-state index in [1.807, 2.05) is 35.2 Å². The Morgan fingerprint density at radius 1 is 1.23 bits per heavy atom.